The van der Waals surface area contributed by atoms with Crippen LogP contribution in [0.4, 0.5) is 29.5 Å². The van der Waals surface area contributed by atoms with Crippen molar-refractivity contribution >= 4 is 23.1 Å². The number of anilines is 2. The number of alkyl halides is 3. The van der Waals surface area contributed by atoms with Crippen molar-refractivity contribution in [2.24, 2.45) is 5.73 Å². The van der Waals surface area contributed by atoms with Gasteiger partial charge in [0.1, 0.15) is 18.4 Å². The average Bonchev–Trinajstić information content (AvgIpc) is 3.14. The highest BCUT2D eigenvalue weighted by atomic mass is 19.4. The van der Waals surface area contributed by atoms with Gasteiger partial charge in [0, 0.05) is 29.1 Å². The van der Waals surface area contributed by atoms with E-state index in [4.69, 9.17) is 5.73 Å². The topological polar surface area (TPSA) is 130 Å². The van der Waals surface area contributed by atoms with E-state index in [1.807, 2.05) is 13.1 Å². The number of rotatable bonds is 5. The Bertz CT molecular complexity index is 1410. The summed E-state index contributed by atoms with van der Waals surface area (Å²) in [5.74, 6) is -0.230. The van der Waals surface area contributed by atoms with Gasteiger partial charge in [0.2, 0.25) is 0 Å². The second kappa shape index (κ2) is 9.21. The molecule has 36 heavy (non-hydrogen) atoms. The number of aliphatic hydroxyl groups is 1. The molecule has 0 aliphatic rings. The summed E-state index contributed by atoms with van der Waals surface area (Å²) < 4.78 is 40.3. The van der Waals surface area contributed by atoms with Gasteiger partial charge >= 0.3 is 12.2 Å². The first-order valence-corrected chi connectivity index (χ1v) is 10.9. The molecular weight excluding hydrogens is 475 g/mol. The largest absolute Gasteiger partial charge is 0.416 e. The van der Waals surface area contributed by atoms with Gasteiger partial charge in [0.25, 0.3) is 0 Å². The van der Waals surface area contributed by atoms with Crippen LogP contribution in [0.2, 0.25) is 0 Å². The number of benzene rings is 1. The van der Waals surface area contributed by atoms with Gasteiger partial charge in [-0.1, -0.05) is 26.0 Å². The summed E-state index contributed by atoms with van der Waals surface area (Å²) in [7, 11) is 0. The molecule has 4 aromatic rings. The molecule has 4 rings (SSSR count). The summed E-state index contributed by atoms with van der Waals surface area (Å²) in [6, 6.07) is 7.71. The standard InChI is InChI=1S/C24H24F3N7O2/c1-13-11-34-19(20(30-12-31-34)23(2,3)21(28)35)18(13)14-4-6-16(7-5-14)32-22(36)33-17-10-15(8-9-29-17)24(25,26)27/h4-12,21,35H,28H2,1-3H3,(H2,29,32,33,36). The van der Waals surface area contributed by atoms with Gasteiger partial charge < -0.3 is 16.2 Å². The molecule has 12 heteroatoms. The molecule has 1 atom stereocenters. The van der Waals surface area contributed by atoms with Crippen LogP contribution in [0.25, 0.3) is 16.6 Å². The van der Waals surface area contributed by atoms with Crippen molar-refractivity contribution in [3.63, 3.8) is 0 Å². The molecule has 2 amide bonds. The maximum Gasteiger partial charge on any atom is 0.416 e. The van der Waals surface area contributed by atoms with Crippen molar-refractivity contribution in [3.05, 3.63) is 71.9 Å². The Balaban J connectivity index is 1.59. The first-order valence-electron chi connectivity index (χ1n) is 10.9. The Morgan fingerprint density at radius 3 is 2.44 bits per heavy atom. The van der Waals surface area contributed by atoms with Crippen molar-refractivity contribution in [1.29, 1.82) is 0 Å². The third-order valence-corrected chi connectivity index (χ3v) is 5.87. The number of pyridine rings is 1. The molecule has 0 saturated heterocycles. The lowest BCUT2D eigenvalue weighted by molar-refractivity contribution is -0.137. The summed E-state index contributed by atoms with van der Waals surface area (Å²) in [6.45, 7) is 5.50. The molecule has 9 nitrogen and oxygen atoms in total. The van der Waals surface area contributed by atoms with Crippen molar-refractivity contribution in [1.82, 2.24) is 19.6 Å². The monoisotopic (exact) mass is 499 g/mol. The van der Waals surface area contributed by atoms with E-state index in [-0.39, 0.29) is 5.82 Å². The minimum absolute atomic E-state index is 0.230. The molecule has 188 valence electrons. The molecule has 5 N–H and O–H groups in total. The first kappa shape index (κ1) is 25.1. The van der Waals surface area contributed by atoms with Crippen molar-refractivity contribution in [2.75, 3.05) is 10.6 Å². The van der Waals surface area contributed by atoms with Crippen LogP contribution in [-0.4, -0.2) is 36.9 Å². The fourth-order valence-corrected chi connectivity index (χ4v) is 3.78. The average molecular weight is 499 g/mol. The predicted octanol–water partition coefficient (Wildman–Crippen LogP) is 4.32. The smallest absolute Gasteiger partial charge is 0.378 e. The molecule has 0 aliphatic carbocycles. The molecule has 0 aliphatic heterocycles. The van der Waals surface area contributed by atoms with Crippen molar-refractivity contribution in [2.45, 2.75) is 38.6 Å². The van der Waals surface area contributed by atoms with Gasteiger partial charge in [0.05, 0.1) is 16.8 Å². The van der Waals surface area contributed by atoms with E-state index in [1.165, 1.54) is 6.33 Å². The molecule has 0 radical (unpaired) electrons. The molecule has 0 saturated carbocycles. The number of hydrogen-bond acceptors (Lipinski definition) is 6. The number of nitrogens with one attached hydrogen (secondary N) is 2. The fourth-order valence-electron chi connectivity index (χ4n) is 3.78. The van der Waals surface area contributed by atoms with E-state index in [1.54, 1.807) is 42.6 Å². The molecule has 3 aromatic heterocycles. The lowest BCUT2D eigenvalue weighted by atomic mass is 9.85. The Labute approximate surface area is 204 Å². The Kier molecular flexibility index (Phi) is 6.41. The highest BCUT2D eigenvalue weighted by Gasteiger charge is 2.33. The van der Waals surface area contributed by atoms with Crippen LogP contribution in [0.15, 0.2) is 55.1 Å². The second-order valence-electron chi connectivity index (χ2n) is 8.84. The third kappa shape index (κ3) is 4.86. The van der Waals surface area contributed by atoms with E-state index in [0.717, 1.165) is 35.0 Å². The normalized spacial score (nSPS) is 13.0. The number of aliphatic hydroxyl groups excluding tert-OH is 1. The quantitative estimate of drug-likeness (QED) is 0.303. The van der Waals surface area contributed by atoms with E-state index in [0.29, 0.717) is 16.9 Å². The van der Waals surface area contributed by atoms with Gasteiger partial charge in [0.15, 0.2) is 0 Å². The zero-order valence-electron chi connectivity index (χ0n) is 19.6. The summed E-state index contributed by atoms with van der Waals surface area (Å²) in [4.78, 5) is 20.5. The fraction of sp³-hybridized carbons (Fsp3) is 0.250. The molecule has 0 fully saturated rings. The summed E-state index contributed by atoms with van der Waals surface area (Å²) in [5, 5.41) is 19.3. The number of amides is 2. The number of fused-ring (bicyclic) bond motifs is 1. The van der Waals surface area contributed by atoms with Gasteiger partial charge in [-0.05, 0) is 42.3 Å². The zero-order valence-corrected chi connectivity index (χ0v) is 19.6. The third-order valence-electron chi connectivity index (χ3n) is 5.87. The summed E-state index contributed by atoms with van der Waals surface area (Å²) in [6.07, 6.45) is -1.48. The molecule has 0 bridgehead atoms. The molecule has 1 unspecified atom stereocenters. The minimum Gasteiger partial charge on any atom is -0.378 e. The highest BCUT2D eigenvalue weighted by molar-refractivity contribution is 5.99. The van der Waals surface area contributed by atoms with Crippen LogP contribution in [0.3, 0.4) is 0 Å². The lowest BCUT2D eigenvalue weighted by Gasteiger charge is -2.27. The number of aromatic nitrogens is 4. The van der Waals surface area contributed by atoms with E-state index in [2.05, 4.69) is 25.7 Å². The number of aryl methyl sites for hydroxylation is 1. The highest BCUT2D eigenvalue weighted by Crippen LogP contribution is 2.36. The maximum absolute atomic E-state index is 12.9. The zero-order chi connectivity index (χ0) is 26.3. The van der Waals surface area contributed by atoms with Gasteiger partial charge in [-0.25, -0.2) is 19.3 Å². The first-order chi connectivity index (χ1) is 16.9. The van der Waals surface area contributed by atoms with Gasteiger partial charge in [-0.2, -0.15) is 18.3 Å². The number of carbonyl (C=O) groups is 1. The minimum atomic E-state index is -4.55. The number of nitrogens with zero attached hydrogens (tertiary/aromatic N) is 4. The Hall–Kier alpha value is -4.03. The van der Waals surface area contributed by atoms with Crippen molar-refractivity contribution in [3.8, 4) is 11.1 Å². The Morgan fingerprint density at radius 1 is 1.11 bits per heavy atom. The SMILES string of the molecule is Cc1cn2ncnc(C(C)(C)C(N)O)c2c1-c1ccc(NC(=O)Nc2cc(C(F)(F)F)ccn2)cc1. The van der Waals surface area contributed by atoms with E-state index < -0.39 is 29.4 Å². The molecule has 3 heterocycles. The van der Waals surface area contributed by atoms with Crippen LogP contribution in [0.5, 0.6) is 0 Å². The van der Waals surface area contributed by atoms with Crippen LogP contribution in [0.1, 0.15) is 30.7 Å². The van der Waals surface area contributed by atoms with Crippen LogP contribution in [0, 0.1) is 6.92 Å². The van der Waals surface area contributed by atoms with E-state index in [9.17, 15) is 23.1 Å². The second-order valence-corrected chi connectivity index (χ2v) is 8.84. The number of hydrogen-bond donors (Lipinski definition) is 4. The summed E-state index contributed by atoms with van der Waals surface area (Å²) in [5.41, 5.74) is 8.28. The predicted molar refractivity (Wildman–Crippen MR) is 128 cm³/mol. The van der Waals surface area contributed by atoms with Crippen molar-refractivity contribution < 1.29 is 23.1 Å². The lowest BCUT2D eigenvalue weighted by Crippen LogP contribution is -2.41. The number of nitrogens with two attached hydrogens (primary N) is 1. The van der Waals surface area contributed by atoms with Gasteiger partial charge in [-0.3, -0.25) is 5.32 Å². The number of carbonyl (C=O) groups excluding carboxylic acids is 1. The summed E-state index contributed by atoms with van der Waals surface area (Å²) >= 11 is 0. The molecule has 1 aromatic carbocycles. The van der Waals surface area contributed by atoms with Crippen LogP contribution < -0.4 is 16.4 Å². The number of urea groups is 1. The molecule has 0 spiro atoms. The molecular formula is C24H24F3N7O2. The number of halogens is 3. The maximum atomic E-state index is 12.9. The van der Waals surface area contributed by atoms with E-state index >= 15 is 0 Å². The van der Waals surface area contributed by atoms with Gasteiger partial charge in [-0.15, -0.1) is 0 Å². The van der Waals surface area contributed by atoms with Crippen LogP contribution in [-0.2, 0) is 11.6 Å². The Morgan fingerprint density at radius 2 is 1.81 bits per heavy atom. The van der Waals surface area contributed by atoms with Crippen LogP contribution >= 0.6 is 0 Å².